The molecular formula is C23H21BrClFNO2-. The van der Waals surface area contributed by atoms with Gasteiger partial charge in [-0.25, -0.2) is 4.39 Å². The minimum Gasteiger partial charge on any atom is -0.550 e. The number of halogens is 3. The molecule has 2 aromatic carbocycles. The number of carbonyl (C=O) groups excluding carboxylic acids is 1. The summed E-state index contributed by atoms with van der Waals surface area (Å²) in [5.74, 6) is -2.03. The van der Waals surface area contributed by atoms with E-state index in [1.807, 2.05) is 31.2 Å². The maximum atomic E-state index is 14.2. The number of aliphatic carboxylic acids is 1. The van der Waals surface area contributed by atoms with E-state index in [-0.39, 0.29) is 11.7 Å². The van der Waals surface area contributed by atoms with Crippen molar-refractivity contribution in [2.24, 2.45) is 5.92 Å². The van der Waals surface area contributed by atoms with Crippen LogP contribution in [0.5, 0.6) is 0 Å². The van der Waals surface area contributed by atoms with Crippen LogP contribution in [0.4, 0.5) is 4.39 Å². The largest absolute Gasteiger partial charge is 0.550 e. The van der Waals surface area contributed by atoms with Crippen LogP contribution in [0.3, 0.4) is 0 Å². The van der Waals surface area contributed by atoms with Crippen LogP contribution in [0, 0.1) is 11.7 Å². The van der Waals surface area contributed by atoms with E-state index >= 15 is 0 Å². The van der Waals surface area contributed by atoms with Gasteiger partial charge >= 0.3 is 0 Å². The fraction of sp³-hybridized carbons (Fsp3) is 0.348. The quantitative estimate of drug-likeness (QED) is 0.491. The zero-order chi connectivity index (χ0) is 20.7. The Morgan fingerprint density at radius 1 is 1.34 bits per heavy atom. The van der Waals surface area contributed by atoms with Crippen molar-refractivity contribution in [2.75, 3.05) is 0 Å². The van der Waals surface area contributed by atoms with Crippen molar-refractivity contribution in [1.82, 2.24) is 4.57 Å². The summed E-state index contributed by atoms with van der Waals surface area (Å²) in [5, 5.41) is 13.4. The normalized spacial score (nSPS) is 17.3. The second-order valence-electron chi connectivity index (χ2n) is 7.69. The Balaban J connectivity index is 1.97. The summed E-state index contributed by atoms with van der Waals surface area (Å²) < 4.78 is 17.1. The number of carboxylic acids is 1. The molecule has 0 spiro atoms. The summed E-state index contributed by atoms with van der Waals surface area (Å²) in [7, 11) is 0. The molecule has 1 aliphatic carbocycles. The number of benzene rings is 2. The number of hydrogen-bond acceptors (Lipinski definition) is 2. The van der Waals surface area contributed by atoms with Gasteiger partial charge in [-0.15, -0.1) is 0 Å². The lowest BCUT2D eigenvalue weighted by Gasteiger charge is -2.32. The minimum atomic E-state index is -1.01. The van der Waals surface area contributed by atoms with Crippen molar-refractivity contribution < 1.29 is 14.3 Å². The predicted octanol–water partition coefficient (Wildman–Crippen LogP) is 5.44. The van der Waals surface area contributed by atoms with Crippen LogP contribution in [0.15, 0.2) is 40.9 Å². The van der Waals surface area contributed by atoms with E-state index in [2.05, 4.69) is 20.5 Å². The Morgan fingerprint density at radius 2 is 2.07 bits per heavy atom. The Kier molecular flexibility index (Phi) is 5.71. The predicted molar refractivity (Wildman–Crippen MR) is 115 cm³/mol. The van der Waals surface area contributed by atoms with Gasteiger partial charge in [-0.2, -0.15) is 0 Å². The molecule has 0 radical (unpaired) electrons. The van der Waals surface area contributed by atoms with Gasteiger partial charge in [0.05, 0.1) is 5.52 Å². The number of hydrogen-bond donors (Lipinski definition) is 0. The number of carbonyl (C=O) groups is 1. The number of rotatable bonds is 5. The molecule has 6 heteroatoms. The highest BCUT2D eigenvalue weighted by Crippen LogP contribution is 2.45. The molecule has 0 bridgehead atoms. The van der Waals surface area contributed by atoms with Gasteiger partial charge in [0.25, 0.3) is 0 Å². The highest BCUT2D eigenvalue weighted by molar-refractivity contribution is 9.10. The first-order chi connectivity index (χ1) is 13.9. The summed E-state index contributed by atoms with van der Waals surface area (Å²) in [4.78, 5) is 11.9. The monoisotopic (exact) mass is 476 g/mol. The summed E-state index contributed by atoms with van der Waals surface area (Å²) >= 11 is 9.58. The molecule has 152 valence electrons. The molecule has 0 saturated carbocycles. The van der Waals surface area contributed by atoms with Crippen molar-refractivity contribution in [3.8, 4) is 0 Å². The smallest absolute Gasteiger partial charge is 0.125 e. The molecule has 1 heterocycles. The van der Waals surface area contributed by atoms with Crippen LogP contribution in [0.2, 0.25) is 5.02 Å². The molecule has 1 aromatic heterocycles. The van der Waals surface area contributed by atoms with Gasteiger partial charge in [0.2, 0.25) is 0 Å². The second kappa shape index (κ2) is 8.11. The highest BCUT2D eigenvalue weighted by Gasteiger charge is 2.33. The standard InChI is InChI=1S/C23H22BrClFNO2/c1-2-16(23(28)29)17-4-3-5-18-19-10-15(26)11-20(24)22(19)27(21(17)18)12-13-6-8-14(25)9-7-13/h6-11,16-17H,2-5,12H2,1H3,(H,28,29)/p-1. The third-order valence-electron chi connectivity index (χ3n) is 6.00. The molecule has 1 aliphatic rings. The molecule has 3 nitrogen and oxygen atoms in total. The third kappa shape index (κ3) is 3.71. The van der Waals surface area contributed by atoms with Crippen LogP contribution in [0.25, 0.3) is 10.9 Å². The Bertz CT molecular complexity index is 1080. The Labute approximate surface area is 182 Å². The van der Waals surface area contributed by atoms with E-state index in [9.17, 15) is 14.3 Å². The fourth-order valence-electron chi connectivity index (χ4n) is 4.76. The average molecular weight is 478 g/mol. The minimum absolute atomic E-state index is 0.150. The summed E-state index contributed by atoms with van der Waals surface area (Å²) in [6.07, 6.45) is 2.99. The van der Waals surface area contributed by atoms with E-state index in [1.54, 1.807) is 6.07 Å². The fourth-order valence-corrected chi connectivity index (χ4v) is 5.53. The van der Waals surface area contributed by atoms with Gasteiger partial charge in [-0.1, -0.05) is 30.7 Å². The number of carboxylic acid groups (broad SMARTS) is 1. The number of aromatic nitrogens is 1. The zero-order valence-corrected chi connectivity index (χ0v) is 18.4. The lowest BCUT2D eigenvalue weighted by molar-refractivity contribution is -0.312. The Hall–Kier alpha value is -1.85. The summed E-state index contributed by atoms with van der Waals surface area (Å²) in [6, 6.07) is 10.7. The third-order valence-corrected chi connectivity index (χ3v) is 6.86. The molecular weight excluding hydrogens is 457 g/mol. The van der Waals surface area contributed by atoms with Crippen LogP contribution in [-0.2, 0) is 17.8 Å². The van der Waals surface area contributed by atoms with E-state index in [0.717, 1.165) is 47.0 Å². The lowest BCUT2D eigenvalue weighted by Crippen LogP contribution is -2.36. The molecule has 4 rings (SSSR count). The molecule has 3 aromatic rings. The van der Waals surface area contributed by atoms with E-state index < -0.39 is 11.9 Å². The van der Waals surface area contributed by atoms with Crippen LogP contribution in [0.1, 0.15) is 48.9 Å². The first-order valence-corrected chi connectivity index (χ1v) is 11.0. The lowest BCUT2D eigenvalue weighted by atomic mass is 9.77. The topological polar surface area (TPSA) is 45.1 Å². The Morgan fingerprint density at radius 3 is 2.72 bits per heavy atom. The number of aryl methyl sites for hydroxylation is 1. The van der Waals surface area contributed by atoms with Crippen molar-refractivity contribution in [1.29, 1.82) is 0 Å². The van der Waals surface area contributed by atoms with Crippen LogP contribution >= 0.6 is 27.5 Å². The molecule has 0 aliphatic heterocycles. The summed E-state index contributed by atoms with van der Waals surface area (Å²) in [5.41, 5.74) is 4.02. The van der Waals surface area contributed by atoms with Gasteiger partial charge in [0.1, 0.15) is 5.82 Å². The molecule has 2 atom stereocenters. The van der Waals surface area contributed by atoms with Crippen molar-refractivity contribution in [3.63, 3.8) is 0 Å². The first-order valence-electron chi connectivity index (χ1n) is 9.86. The highest BCUT2D eigenvalue weighted by atomic mass is 79.9. The molecule has 0 fully saturated rings. The number of nitrogens with zero attached hydrogens (tertiary/aromatic N) is 1. The second-order valence-corrected chi connectivity index (χ2v) is 8.98. The van der Waals surface area contributed by atoms with E-state index in [1.165, 1.54) is 6.07 Å². The van der Waals surface area contributed by atoms with E-state index in [4.69, 9.17) is 11.6 Å². The maximum Gasteiger partial charge on any atom is 0.125 e. The molecule has 0 saturated heterocycles. The maximum absolute atomic E-state index is 14.2. The molecule has 0 N–H and O–H groups in total. The average Bonchev–Trinajstić information content (AvgIpc) is 2.98. The van der Waals surface area contributed by atoms with Gasteiger partial charge < -0.3 is 14.5 Å². The van der Waals surface area contributed by atoms with E-state index in [0.29, 0.717) is 22.5 Å². The van der Waals surface area contributed by atoms with Crippen LogP contribution < -0.4 is 5.11 Å². The van der Waals surface area contributed by atoms with Crippen molar-refractivity contribution in [3.05, 3.63) is 68.5 Å². The van der Waals surface area contributed by atoms with Gasteiger partial charge in [0.15, 0.2) is 0 Å². The SMILES string of the molecule is CCC(C(=O)[O-])C1CCCc2c1n(Cc1ccc(Cl)cc1)c1c(Br)cc(F)cc21. The molecule has 29 heavy (non-hydrogen) atoms. The van der Waals surface area contributed by atoms with Crippen molar-refractivity contribution >= 4 is 44.4 Å². The van der Waals surface area contributed by atoms with Gasteiger partial charge in [-0.05, 0) is 77.0 Å². The summed E-state index contributed by atoms with van der Waals surface area (Å²) in [6.45, 7) is 2.45. The zero-order valence-electron chi connectivity index (χ0n) is 16.1. The number of fused-ring (bicyclic) bond motifs is 3. The van der Waals surface area contributed by atoms with Gasteiger partial charge in [-0.3, -0.25) is 0 Å². The van der Waals surface area contributed by atoms with Crippen molar-refractivity contribution in [2.45, 2.75) is 45.1 Å². The van der Waals surface area contributed by atoms with Crippen LogP contribution in [-0.4, -0.2) is 10.5 Å². The first kappa shape index (κ1) is 20.4. The molecule has 0 amide bonds. The molecule has 2 unspecified atom stereocenters. The van der Waals surface area contributed by atoms with Gasteiger partial charge in [0, 0.05) is 44.9 Å².